The van der Waals surface area contributed by atoms with E-state index in [1.54, 1.807) is 0 Å². The number of hydrogen-bond donors (Lipinski definition) is 2. The number of amides is 1. The summed E-state index contributed by atoms with van der Waals surface area (Å²) < 4.78 is 12.8. The van der Waals surface area contributed by atoms with Crippen LogP contribution in [0.1, 0.15) is 20.3 Å². The van der Waals surface area contributed by atoms with Gasteiger partial charge in [-0.25, -0.2) is 4.39 Å². The number of carbonyl (C=O) groups excluding carboxylic acids is 1. The van der Waals surface area contributed by atoms with E-state index in [0.29, 0.717) is 19.5 Å². The molecule has 0 aliphatic carbocycles. The molecule has 0 bridgehead atoms. The maximum Gasteiger partial charge on any atom is 0.230 e. The molecule has 3 nitrogen and oxygen atoms in total. The van der Waals surface area contributed by atoms with Crippen molar-refractivity contribution in [3.05, 3.63) is 0 Å². The van der Waals surface area contributed by atoms with E-state index >= 15 is 0 Å². The van der Waals surface area contributed by atoms with Crippen LogP contribution >= 0.6 is 0 Å². The maximum atomic E-state index is 12.8. The van der Waals surface area contributed by atoms with Gasteiger partial charge in [-0.2, -0.15) is 0 Å². The van der Waals surface area contributed by atoms with E-state index in [2.05, 4.69) is 10.6 Å². The highest BCUT2D eigenvalue weighted by Gasteiger charge is 2.42. The average molecular weight is 188 g/mol. The van der Waals surface area contributed by atoms with Crippen LogP contribution in [0.2, 0.25) is 0 Å². The number of halogens is 1. The Hall–Kier alpha value is -0.640. The van der Waals surface area contributed by atoms with Crippen molar-refractivity contribution >= 4 is 5.91 Å². The summed E-state index contributed by atoms with van der Waals surface area (Å²) in [6.07, 6.45) is 0.599. The minimum Gasteiger partial charge on any atom is -0.355 e. The lowest BCUT2D eigenvalue weighted by atomic mass is 9.87. The van der Waals surface area contributed by atoms with Gasteiger partial charge in [0.05, 0.1) is 5.41 Å². The molecule has 0 aromatic heterocycles. The summed E-state index contributed by atoms with van der Waals surface area (Å²) in [5, 5.41) is 5.77. The number of hydrogen-bond acceptors (Lipinski definition) is 2. The summed E-state index contributed by atoms with van der Waals surface area (Å²) in [4.78, 5) is 11.3. The largest absolute Gasteiger partial charge is 0.355 e. The lowest BCUT2D eigenvalue weighted by Crippen LogP contribution is -2.44. The minimum absolute atomic E-state index is 0.150. The first-order valence-corrected chi connectivity index (χ1v) is 4.68. The first-order valence-electron chi connectivity index (χ1n) is 4.68. The molecular weight excluding hydrogens is 171 g/mol. The molecule has 1 aliphatic heterocycles. The fraction of sp³-hybridized carbons (Fsp3) is 0.889. The van der Waals surface area contributed by atoms with Crippen LogP contribution in [0.15, 0.2) is 0 Å². The van der Waals surface area contributed by atoms with Gasteiger partial charge in [-0.15, -0.1) is 0 Å². The monoisotopic (exact) mass is 188 g/mol. The Kier molecular flexibility index (Phi) is 3.25. The Morgan fingerprint density at radius 2 is 2.38 bits per heavy atom. The van der Waals surface area contributed by atoms with Crippen LogP contribution in [-0.4, -0.2) is 31.7 Å². The second-order valence-corrected chi connectivity index (χ2v) is 3.96. The predicted octanol–water partition coefficient (Wildman–Crippen LogP) is 0.460. The van der Waals surface area contributed by atoms with Crippen LogP contribution in [0.4, 0.5) is 4.39 Å². The zero-order valence-corrected chi connectivity index (χ0v) is 8.19. The van der Waals surface area contributed by atoms with Gasteiger partial charge in [-0.1, -0.05) is 13.8 Å². The molecule has 0 saturated carbocycles. The van der Waals surface area contributed by atoms with Crippen LogP contribution in [0.25, 0.3) is 0 Å². The van der Waals surface area contributed by atoms with Gasteiger partial charge in [0.1, 0.15) is 6.67 Å². The SMILES string of the molecule is CC(C)NCC1(CF)CCNC1=O. The molecule has 13 heavy (non-hydrogen) atoms. The van der Waals surface area contributed by atoms with Crippen molar-refractivity contribution in [2.45, 2.75) is 26.3 Å². The summed E-state index contributed by atoms with van der Waals surface area (Å²) in [6, 6.07) is 0.289. The second kappa shape index (κ2) is 4.05. The molecule has 1 atom stereocenters. The van der Waals surface area contributed by atoms with Gasteiger partial charge >= 0.3 is 0 Å². The fourth-order valence-corrected chi connectivity index (χ4v) is 1.46. The van der Waals surface area contributed by atoms with Gasteiger partial charge in [0.25, 0.3) is 0 Å². The van der Waals surface area contributed by atoms with Gasteiger partial charge in [-0.05, 0) is 6.42 Å². The molecule has 1 heterocycles. The van der Waals surface area contributed by atoms with Gasteiger partial charge in [-0.3, -0.25) is 4.79 Å². The molecule has 0 aromatic rings. The normalized spacial score (nSPS) is 28.2. The van der Waals surface area contributed by atoms with Gasteiger partial charge in [0.2, 0.25) is 5.91 Å². The van der Waals surface area contributed by atoms with E-state index in [9.17, 15) is 9.18 Å². The standard InChI is InChI=1S/C9H17FN2O/c1-7(2)12-6-9(5-10)3-4-11-8(9)13/h7,12H,3-6H2,1-2H3,(H,11,13). The summed E-state index contributed by atoms with van der Waals surface area (Å²) in [5.74, 6) is -0.150. The molecular formula is C9H17FN2O. The quantitative estimate of drug-likeness (QED) is 0.673. The predicted molar refractivity (Wildman–Crippen MR) is 49.2 cm³/mol. The number of rotatable bonds is 4. The van der Waals surface area contributed by atoms with E-state index in [-0.39, 0.29) is 11.9 Å². The van der Waals surface area contributed by atoms with E-state index in [1.807, 2.05) is 13.8 Å². The van der Waals surface area contributed by atoms with Gasteiger partial charge in [0, 0.05) is 19.1 Å². The number of carbonyl (C=O) groups is 1. The van der Waals surface area contributed by atoms with E-state index in [0.717, 1.165) is 0 Å². The molecule has 1 rings (SSSR count). The number of alkyl halides is 1. The van der Waals surface area contributed by atoms with Crippen molar-refractivity contribution in [3.63, 3.8) is 0 Å². The number of nitrogens with one attached hydrogen (secondary N) is 2. The van der Waals surface area contributed by atoms with Gasteiger partial charge in [0.15, 0.2) is 0 Å². The van der Waals surface area contributed by atoms with E-state index in [4.69, 9.17) is 0 Å². The van der Waals surface area contributed by atoms with E-state index < -0.39 is 12.1 Å². The first-order chi connectivity index (χ1) is 6.10. The van der Waals surface area contributed by atoms with Crippen LogP contribution in [0.3, 0.4) is 0 Å². The van der Waals surface area contributed by atoms with Crippen molar-refractivity contribution in [1.29, 1.82) is 0 Å². The van der Waals surface area contributed by atoms with Gasteiger partial charge < -0.3 is 10.6 Å². The van der Waals surface area contributed by atoms with Crippen molar-refractivity contribution in [3.8, 4) is 0 Å². The molecule has 0 spiro atoms. The van der Waals surface area contributed by atoms with Crippen LogP contribution < -0.4 is 10.6 Å². The van der Waals surface area contributed by atoms with Crippen molar-refractivity contribution in [1.82, 2.24) is 10.6 Å². The van der Waals surface area contributed by atoms with Crippen LogP contribution in [0.5, 0.6) is 0 Å². The van der Waals surface area contributed by atoms with Crippen LogP contribution in [0, 0.1) is 5.41 Å². The minimum atomic E-state index is -0.801. The van der Waals surface area contributed by atoms with E-state index in [1.165, 1.54) is 0 Å². The Balaban J connectivity index is 2.54. The average Bonchev–Trinajstić information content (AvgIpc) is 2.45. The maximum absolute atomic E-state index is 12.8. The Labute approximate surface area is 78.1 Å². The molecule has 1 saturated heterocycles. The molecule has 0 radical (unpaired) electrons. The summed E-state index contributed by atoms with van der Waals surface area (Å²) in [5.41, 5.74) is -0.801. The zero-order valence-electron chi connectivity index (χ0n) is 8.19. The lowest BCUT2D eigenvalue weighted by Gasteiger charge is -2.23. The second-order valence-electron chi connectivity index (χ2n) is 3.96. The fourth-order valence-electron chi connectivity index (χ4n) is 1.46. The first kappa shape index (κ1) is 10.4. The lowest BCUT2D eigenvalue weighted by molar-refractivity contribution is -0.128. The summed E-state index contributed by atoms with van der Waals surface area (Å²) >= 11 is 0. The summed E-state index contributed by atoms with van der Waals surface area (Å²) in [6.45, 7) is 4.44. The van der Waals surface area contributed by atoms with Crippen LogP contribution in [-0.2, 0) is 4.79 Å². The Morgan fingerprint density at radius 1 is 1.69 bits per heavy atom. The molecule has 0 aromatic carbocycles. The molecule has 1 aliphatic rings. The smallest absolute Gasteiger partial charge is 0.230 e. The zero-order chi connectivity index (χ0) is 9.90. The molecule has 4 heteroatoms. The summed E-state index contributed by atoms with van der Waals surface area (Å²) in [7, 11) is 0. The Morgan fingerprint density at radius 3 is 2.77 bits per heavy atom. The highest BCUT2D eigenvalue weighted by Crippen LogP contribution is 2.26. The van der Waals surface area contributed by atoms with Crippen molar-refractivity contribution in [2.75, 3.05) is 19.8 Å². The van der Waals surface area contributed by atoms with Crippen molar-refractivity contribution < 1.29 is 9.18 Å². The highest BCUT2D eigenvalue weighted by atomic mass is 19.1. The molecule has 1 unspecified atom stereocenters. The van der Waals surface area contributed by atoms with Crippen molar-refractivity contribution in [2.24, 2.45) is 5.41 Å². The Bertz CT molecular complexity index is 196. The molecule has 76 valence electrons. The third-order valence-electron chi connectivity index (χ3n) is 2.48. The third kappa shape index (κ3) is 2.18. The topological polar surface area (TPSA) is 41.1 Å². The highest BCUT2D eigenvalue weighted by molar-refractivity contribution is 5.85. The third-order valence-corrected chi connectivity index (χ3v) is 2.48. The molecule has 1 fully saturated rings. The molecule has 1 amide bonds. The molecule has 2 N–H and O–H groups in total.